The summed E-state index contributed by atoms with van der Waals surface area (Å²) in [6, 6.07) is 16.3. The molecule has 1 saturated heterocycles. The number of nitrogens with zero attached hydrogens (tertiary/aromatic N) is 5. The number of nitrogen functional groups attached to an aromatic ring is 1. The van der Waals surface area contributed by atoms with Crippen molar-refractivity contribution in [2.45, 2.75) is 31.6 Å². The smallest absolute Gasteiger partial charge is 0.283 e. The van der Waals surface area contributed by atoms with E-state index in [-0.39, 0.29) is 10.8 Å². The lowest BCUT2D eigenvalue weighted by atomic mass is 10.00. The van der Waals surface area contributed by atoms with Crippen molar-refractivity contribution in [2.75, 3.05) is 30.8 Å². The minimum atomic E-state index is -3.89. The molecule has 1 aliphatic rings. The Morgan fingerprint density at radius 3 is 2.55 bits per heavy atom. The number of anilines is 2. The standard InChI is InChI=1S/C27H29N7O3S/c1-17-3-6-21(7-4-17)38(35,36)34-24-15-20(5-8-22(24)18(2)31-34)23-9-10-25-30-27(28)32-33(25)26(23)29-16-19-11-13-37-14-12-19/h3-10,15,19,29H,11-14,16H2,1-2H3,(H2,28,32). The van der Waals surface area contributed by atoms with Crippen LogP contribution in [0.25, 0.3) is 27.7 Å². The molecule has 3 aromatic heterocycles. The fraction of sp³-hybridized carbons (Fsp3) is 0.296. The molecule has 0 saturated carbocycles. The molecule has 11 heteroatoms. The first-order valence-electron chi connectivity index (χ1n) is 12.6. The van der Waals surface area contributed by atoms with E-state index in [4.69, 9.17) is 10.5 Å². The molecule has 1 fully saturated rings. The molecular formula is C27H29N7O3S. The number of nitrogens with one attached hydrogen (secondary N) is 1. The number of aryl methyl sites for hydroxylation is 2. The molecular weight excluding hydrogens is 502 g/mol. The Labute approximate surface area is 220 Å². The Kier molecular flexibility index (Phi) is 6.04. The number of ether oxygens (including phenoxy) is 1. The number of pyridine rings is 1. The molecule has 38 heavy (non-hydrogen) atoms. The van der Waals surface area contributed by atoms with Gasteiger partial charge in [-0.2, -0.15) is 27.1 Å². The molecule has 2 aromatic carbocycles. The summed E-state index contributed by atoms with van der Waals surface area (Å²) in [5.41, 5.74) is 10.4. The number of hydrogen-bond acceptors (Lipinski definition) is 8. The first-order valence-corrected chi connectivity index (χ1v) is 14.0. The van der Waals surface area contributed by atoms with Gasteiger partial charge in [0.15, 0.2) is 5.65 Å². The zero-order valence-corrected chi connectivity index (χ0v) is 22.1. The number of hydrogen-bond donors (Lipinski definition) is 2. The lowest BCUT2D eigenvalue weighted by molar-refractivity contribution is 0.0699. The van der Waals surface area contributed by atoms with Gasteiger partial charge in [-0.25, -0.2) is 0 Å². The van der Waals surface area contributed by atoms with Gasteiger partial charge in [-0.15, -0.1) is 5.10 Å². The Morgan fingerprint density at radius 2 is 1.79 bits per heavy atom. The number of benzene rings is 2. The summed E-state index contributed by atoms with van der Waals surface area (Å²) >= 11 is 0. The van der Waals surface area contributed by atoms with E-state index in [1.807, 2.05) is 44.2 Å². The molecule has 0 unspecified atom stereocenters. The van der Waals surface area contributed by atoms with E-state index in [2.05, 4.69) is 20.5 Å². The van der Waals surface area contributed by atoms with Gasteiger partial charge in [0.05, 0.1) is 16.1 Å². The summed E-state index contributed by atoms with van der Waals surface area (Å²) < 4.78 is 35.5. The second-order valence-electron chi connectivity index (χ2n) is 9.75. The van der Waals surface area contributed by atoms with Crippen LogP contribution in [0.2, 0.25) is 0 Å². The first kappa shape index (κ1) is 24.4. The zero-order valence-electron chi connectivity index (χ0n) is 21.3. The highest BCUT2D eigenvalue weighted by atomic mass is 32.2. The van der Waals surface area contributed by atoms with Gasteiger partial charge in [-0.1, -0.05) is 29.8 Å². The quantitative estimate of drug-likeness (QED) is 0.336. The highest BCUT2D eigenvalue weighted by Gasteiger charge is 2.23. The maximum atomic E-state index is 13.6. The van der Waals surface area contributed by atoms with Crippen molar-refractivity contribution in [2.24, 2.45) is 5.92 Å². The van der Waals surface area contributed by atoms with Crippen LogP contribution in [0.4, 0.5) is 11.8 Å². The number of rotatable bonds is 6. The third kappa shape index (κ3) is 4.27. The molecule has 0 spiro atoms. The van der Waals surface area contributed by atoms with Crippen LogP contribution >= 0.6 is 0 Å². The van der Waals surface area contributed by atoms with Gasteiger partial charge in [0, 0.05) is 30.7 Å². The van der Waals surface area contributed by atoms with Crippen LogP contribution in [0.5, 0.6) is 0 Å². The summed E-state index contributed by atoms with van der Waals surface area (Å²) in [5.74, 6) is 1.41. The lowest BCUT2D eigenvalue weighted by Gasteiger charge is -2.23. The summed E-state index contributed by atoms with van der Waals surface area (Å²) in [5, 5.41) is 13.2. The zero-order chi connectivity index (χ0) is 26.4. The molecule has 6 rings (SSSR count). The van der Waals surface area contributed by atoms with Crippen LogP contribution in [0, 0.1) is 19.8 Å². The highest BCUT2D eigenvalue weighted by Crippen LogP contribution is 2.33. The molecule has 0 aliphatic carbocycles. The van der Waals surface area contributed by atoms with Crippen LogP contribution in [0.1, 0.15) is 24.1 Å². The van der Waals surface area contributed by atoms with E-state index >= 15 is 0 Å². The predicted octanol–water partition coefficient (Wildman–Crippen LogP) is 4.02. The Morgan fingerprint density at radius 1 is 1.03 bits per heavy atom. The molecule has 0 radical (unpaired) electrons. The van der Waals surface area contributed by atoms with Gasteiger partial charge >= 0.3 is 0 Å². The average molecular weight is 532 g/mol. The molecule has 4 heterocycles. The Bertz CT molecular complexity index is 1750. The number of nitrogens with two attached hydrogens (primary N) is 1. The van der Waals surface area contributed by atoms with Crippen molar-refractivity contribution in [1.29, 1.82) is 0 Å². The van der Waals surface area contributed by atoms with Gasteiger partial charge in [-0.05, 0) is 68.5 Å². The average Bonchev–Trinajstić information content (AvgIpc) is 3.47. The van der Waals surface area contributed by atoms with E-state index < -0.39 is 10.0 Å². The van der Waals surface area contributed by atoms with E-state index in [0.29, 0.717) is 22.8 Å². The summed E-state index contributed by atoms with van der Waals surface area (Å²) in [4.78, 5) is 4.51. The second-order valence-corrected chi connectivity index (χ2v) is 11.5. The van der Waals surface area contributed by atoms with E-state index in [9.17, 15) is 8.42 Å². The molecule has 0 atom stereocenters. The van der Waals surface area contributed by atoms with Crippen molar-refractivity contribution in [1.82, 2.24) is 23.8 Å². The molecule has 10 nitrogen and oxygen atoms in total. The predicted molar refractivity (Wildman–Crippen MR) is 147 cm³/mol. The molecule has 196 valence electrons. The van der Waals surface area contributed by atoms with Gasteiger partial charge in [0.2, 0.25) is 5.95 Å². The highest BCUT2D eigenvalue weighted by molar-refractivity contribution is 7.90. The molecule has 5 aromatic rings. The first-order chi connectivity index (χ1) is 18.3. The lowest BCUT2D eigenvalue weighted by Crippen LogP contribution is -2.23. The van der Waals surface area contributed by atoms with Crippen molar-refractivity contribution >= 4 is 38.3 Å². The van der Waals surface area contributed by atoms with Crippen LogP contribution in [-0.4, -0.2) is 52.0 Å². The van der Waals surface area contributed by atoms with Gasteiger partial charge in [0.25, 0.3) is 10.0 Å². The maximum Gasteiger partial charge on any atom is 0.283 e. The third-order valence-corrected chi connectivity index (χ3v) is 8.71. The van der Waals surface area contributed by atoms with Crippen molar-refractivity contribution in [3.05, 3.63) is 65.9 Å². The fourth-order valence-corrected chi connectivity index (χ4v) is 6.28. The summed E-state index contributed by atoms with van der Waals surface area (Å²) in [7, 11) is -3.89. The van der Waals surface area contributed by atoms with Gasteiger partial charge in [-0.3, -0.25) is 0 Å². The maximum absolute atomic E-state index is 13.6. The Balaban J connectivity index is 1.47. The van der Waals surface area contributed by atoms with Crippen LogP contribution in [-0.2, 0) is 14.8 Å². The topological polar surface area (TPSA) is 129 Å². The molecule has 0 amide bonds. The van der Waals surface area contributed by atoms with Gasteiger partial charge < -0.3 is 15.8 Å². The van der Waals surface area contributed by atoms with E-state index in [0.717, 1.165) is 64.6 Å². The van der Waals surface area contributed by atoms with Crippen LogP contribution in [0.3, 0.4) is 0 Å². The number of fused-ring (bicyclic) bond motifs is 2. The third-order valence-electron chi connectivity index (χ3n) is 7.11. The van der Waals surface area contributed by atoms with Crippen LogP contribution in [0.15, 0.2) is 59.5 Å². The SMILES string of the molecule is Cc1ccc(S(=O)(=O)n2nc(C)c3ccc(-c4ccc5nc(N)nn5c4NCC4CCOCC4)cc32)cc1. The number of aromatic nitrogens is 5. The minimum Gasteiger partial charge on any atom is -0.381 e. The van der Waals surface area contributed by atoms with Crippen molar-refractivity contribution in [3.8, 4) is 11.1 Å². The largest absolute Gasteiger partial charge is 0.381 e. The van der Waals surface area contributed by atoms with Gasteiger partial charge in [0.1, 0.15) is 5.82 Å². The Hall–Kier alpha value is -3.96. The van der Waals surface area contributed by atoms with Crippen molar-refractivity contribution < 1.29 is 13.2 Å². The van der Waals surface area contributed by atoms with Crippen LogP contribution < -0.4 is 11.1 Å². The summed E-state index contributed by atoms with van der Waals surface area (Å²) in [6.07, 6.45) is 1.97. The van der Waals surface area contributed by atoms with Crippen molar-refractivity contribution in [3.63, 3.8) is 0 Å². The summed E-state index contributed by atoms with van der Waals surface area (Å²) in [6.45, 7) is 6.00. The molecule has 1 aliphatic heterocycles. The molecule has 3 N–H and O–H groups in total. The minimum absolute atomic E-state index is 0.185. The second kappa shape index (κ2) is 9.41. The fourth-order valence-electron chi connectivity index (χ4n) is 4.96. The molecule has 0 bridgehead atoms. The monoisotopic (exact) mass is 531 g/mol. The van der Waals surface area contributed by atoms with E-state index in [1.165, 1.54) is 0 Å². The normalized spacial score (nSPS) is 14.9. The van der Waals surface area contributed by atoms with E-state index in [1.54, 1.807) is 28.8 Å².